The molecule has 0 radical (unpaired) electrons. The fourth-order valence-corrected chi connectivity index (χ4v) is 2.70. The summed E-state index contributed by atoms with van der Waals surface area (Å²) in [6.45, 7) is 2.39. The predicted molar refractivity (Wildman–Crippen MR) is 73.7 cm³/mol. The van der Waals surface area contributed by atoms with E-state index >= 15 is 0 Å². The molecule has 0 aliphatic heterocycles. The average Bonchev–Trinajstić information content (AvgIpc) is 2.78. The molecule has 1 saturated carbocycles. The van der Waals surface area contributed by atoms with Crippen LogP contribution >= 0.6 is 0 Å². The Labute approximate surface area is 114 Å². The molecule has 0 saturated heterocycles. The summed E-state index contributed by atoms with van der Waals surface area (Å²) in [7, 11) is 1.76. The van der Waals surface area contributed by atoms with Crippen molar-refractivity contribution in [1.29, 1.82) is 0 Å². The molecule has 4 heteroatoms. The second-order valence-electron chi connectivity index (χ2n) is 5.63. The number of rotatable bonds is 4. The van der Waals surface area contributed by atoms with E-state index in [2.05, 4.69) is 4.98 Å². The zero-order valence-electron chi connectivity index (χ0n) is 11.7. The number of aliphatic hydroxyl groups is 1. The van der Waals surface area contributed by atoms with E-state index in [4.69, 9.17) is 0 Å². The van der Waals surface area contributed by atoms with Crippen LogP contribution in [0.15, 0.2) is 18.3 Å². The molecule has 19 heavy (non-hydrogen) atoms. The van der Waals surface area contributed by atoms with E-state index in [1.807, 2.05) is 19.1 Å². The van der Waals surface area contributed by atoms with Crippen LogP contribution in [0.5, 0.6) is 0 Å². The van der Waals surface area contributed by atoms with Crippen LogP contribution in [0.2, 0.25) is 0 Å². The molecule has 1 fully saturated rings. The summed E-state index contributed by atoms with van der Waals surface area (Å²) >= 11 is 0. The molecule has 104 valence electrons. The van der Waals surface area contributed by atoms with Crippen LogP contribution in [0, 0.1) is 6.92 Å². The highest BCUT2D eigenvalue weighted by Gasteiger charge is 2.33. The number of carbonyl (C=O) groups excluding carboxylic acids is 1. The second-order valence-corrected chi connectivity index (χ2v) is 5.63. The molecule has 1 aliphatic rings. The molecule has 0 aromatic carbocycles. The van der Waals surface area contributed by atoms with E-state index in [-0.39, 0.29) is 5.91 Å². The van der Waals surface area contributed by atoms with E-state index in [1.165, 1.54) is 0 Å². The molecular formula is C15H22N2O2. The number of pyridine rings is 1. The number of amides is 1. The van der Waals surface area contributed by atoms with Gasteiger partial charge in [-0.3, -0.25) is 9.78 Å². The maximum Gasteiger partial charge on any atom is 0.228 e. The summed E-state index contributed by atoms with van der Waals surface area (Å²) < 4.78 is 0. The molecule has 0 atom stereocenters. The van der Waals surface area contributed by atoms with Gasteiger partial charge in [0, 0.05) is 19.8 Å². The third-order valence-electron chi connectivity index (χ3n) is 3.93. The zero-order valence-corrected chi connectivity index (χ0v) is 11.7. The smallest absolute Gasteiger partial charge is 0.228 e. The van der Waals surface area contributed by atoms with Crippen LogP contribution in [-0.2, 0) is 11.2 Å². The molecule has 0 unspecified atom stereocenters. The first-order valence-electron chi connectivity index (χ1n) is 6.87. The maximum absolute atomic E-state index is 12.2. The van der Waals surface area contributed by atoms with Gasteiger partial charge in [0.15, 0.2) is 0 Å². The van der Waals surface area contributed by atoms with Gasteiger partial charge in [-0.25, -0.2) is 0 Å². The molecule has 1 aromatic heterocycles. The minimum atomic E-state index is -0.677. The SMILES string of the molecule is Cc1cccnc1CC(=O)N(C)CC1(O)CCCC1. The van der Waals surface area contributed by atoms with Crippen molar-refractivity contribution in [2.75, 3.05) is 13.6 Å². The lowest BCUT2D eigenvalue weighted by Crippen LogP contribution is -2.42. The van der Waals surface area contributed by atoms with E-state index in [9.17, 15) is 9.90 Å². The Kier molecular flexibility index (Phi) is 4.20. The summed E-state index contributed by atoms with van der Waals surface area (Å²) in [5.41, 5.74) is 1.17. The van der Waals surface area contributed by atoms with Gasteiger partial charge in [0.05, 0.1) is 17.7 Å². The Hall–Kier alpha value is -1.42. The molecule has 1 aliphatic carbocycles. The van der Waals surface area contributed by atoms with Crippen molar-refractivity contribution >= 4 is 5.91 Å². The fourth-order valence-electron chi connectivity index (χ4n) is 2.70. The van der Waals surface area contributed by atoms with Crippen LogP contribution in [0.3, 0.4) is 0 Å². The lowest BCUT2D eigenvalue weighted by atomic mass is 10.0. The van der Waals surface area contributed by atoms with Gasteiger partial charge >= 0.3 is 0 Å². The van der Waals surface area contributed by atoms with E-state index in [1.54, 1.807) is 18.1 Å². The third-order valence-corrected chi connectivity index (χ3v) is 3.93. The Bertz CT molecular complexity index is 453. The number of aryl methyl sites for hydroxylation is 1. The number of nitrogens with zero attached hydrogens (tertiary/aromatic N) is 2. The van der Waals surface area contributed by atoms with Crippen molar-refractivity contribution in [2.45, 2.75) is 44.6 Å². The highest BCUT2D eigenvalue weighted by molar-refractivity contribution is 5.78. The van der Waals surface area contributed by atoms with Crippen LogP contribution in [0.25, 0.3) is 0 Å². The van der Waals surface area contributed by atoms with Gasteiger partial charge in [-0.1, -0.05) is 18.9 Å². The van der Waals surface area contributed by atoms with Crippen molar-refractivity contribution in [1.82, 2.24) is 9.88 Å². The van der Waals surface area contributed by atoms with E-state index in [0.717, 1.165) is 36.9 Å². The number of aromatic nitrogens is 1. The minimum Gasteiger partial charge on any atom is -0.388 e. The molecular weight excluding hydrogens is 240 g/mol. The first kappa shape index (κ1) is 14.0. The zero-order chi connectivity index (χ0) is 13.9. The molecule has 2 rings (SSSR count). The average molecular weight is 262 g/mol. The molecule has 4 nitrogen and oxygen atoms in total. The largest absolute Gasteiger partial charge is 0.388 e. The number of likely N-dealkylation sites (N-methyl/N-ethyl adjacent to an activating group) is 1. The Balaban J connectivity index is 1.94. The van der Waals surface area contributed by atoms with Crippen molar-refractivity contribution in [3.8, 4) is 0 Å². The maximum atomic E-state index is 12.2. The molecule has 0 bridgehead atoms. The molecule has 0 spiro atoms. The van der Waals surface area contributed by atoms with Crippen molar-refractivity contribution in [3.63, 3.8) is 0 Å². The van der Waals surface area contributed by atoms with Gasteiger partial charge in [0.25, 0.3) is 0 Å². The van der Waals surface area contributed by atoms with Crippen molar-refractivity contribution in [2.24, 2.45) is 0 Å². The lowest BCUT2D eigenvalue weighted by molar-refractivity contribution is -0.132. The van der Waals surface area contributed by atoms with Crippen molar-refractivity contribution in [3.05, 3.63) is 29.6 Å². The van der Waals surface area contributed by atoms with Gasteiger partial charge in [0.1, 0.15) is 0 Å². The Morgan fingerprint density at radius 2 is 2.16 bits per heavy atom. The third kappa shape index (κ3) is 3.53. The number of hydrogen-bond acceptors (Lipinski definition) is 3. The summed E-state index contributed by atoms with van der Waals surface area (Å²) in [6, 6.07) is 3.83. The fraction of sp³-hybridized carbons (Fsp3) is 0.600. The van der Waals surface area contributed by atoms with Crippen molar-refractivity contribution < 1.29 is 9.90 Å². The quantitative estimate of drug-likeness (QED) is 0.898. The van der Waals surface area contributed by atoms with Crippen LogP contribution in [0.1, 0.15) is 36.9 Å². The topological polar surface area (TPSA) is 53.4 Å². The molecule has 1 heterocycles. The van der Waals surface area contributed by atoms with Crippen LogP contribution in [0.4, 0.5) is 0 Å². The van der Waals surface area contributed by atoms with E-state index in [0.29, 0.717) is 13.0 Å². The number of hydrogen-bond donors (Lipinski definition) is 1. The molecule has 1 amide bonds. The van der Waals surface area contributed by atoms with E-state index < -0.39 is 5.60 Å². The summed E-state index contributed by atoms with van der Waals surface area (Å²) in [4.78, 5) is 18.0. The highest BCUT2D eigenvalue weighted by Crippen LogP contribution is 2.30. The normalized spacial score (nSPS) is 17.4. The summed E-state index contributed by atoms with van der Waals surface area (Å²) in [5.74, 6) is 0.0159. The Morgan fingerprint density at radius 3 is 2.79 bits per heavy atom. The predicted octanol–water partition coefficient (Wildman–Crippen LogP) is 1.70. The standard InChI is InChI=1S/C15H22N2O2/c1-12-6-5-9-16-13(12)10-14(18)17(2)11-15(19)7-3-4-8-15/h5-6,9,19H,3-4,7-8,10-11H2,1-2H3. The van der Waals surface area contributed by atoms with Gasteiger partial charge in [-0.15, -0.1) is 0 Å². The van der Waals surface area contributed by atoms with Gasteiger partial charge in [-0.2, -0.15) is 0 Å². The highest BCUT2D eigenvalue weighted by atomic mass is 16.3. The van der Waals surface area contributed by atoms with Crippen LogP contribution < -0.4 is 0 Å². The van der Waals surface area contributed by atoms with Gasteiger partial charge < -0.3 is 10.0 Å². The van der Waals surface area contributed by atoms with Crippen LogP contribution in [-0.4, -0.2) is 40.1 Å². The second kappa shape index (κ2) is 5.70. The Morgan fingerprint density at radius 1 is 1.47 bits per heavy atom. The first-order valence-corrected chi connectivity index (χ1v) is 6.87. The molecule has 1 aromatic rings. The monoisotopic (exact) mass is 262 g/mol. The minimum absolute atomic E-state index is 0.0159. The summed E-state index contributed by atoms with van der Waals surface area (Å²) in [6.07, 6.45) is 5.72. The van der Waals surface area contributed by atoms with Gasteiger partial charge in [0.2, 0.25) is 5.91 Å². The lowest BCUT2D eigenvalue weighted by Gasteiger charge is -2.28. The molecule has 1 N–H and O–H groups in total. The first-order chi connectivity index (χ1) is 9.00. The van der Waals surface area contributed by atoms with Gasteiger partial charge in [-0.05, 0) is 31.4 Å². The summed E-state index contributed by atoms with van der Waals surface area (Å²) in [5, 5.41) is 10.3. The number of carbonyl (C=O) groups is 1.